The largest absolute Gasteiger partial charge is 0.485 e. The Morgan fingerprint density at radius 3 is 2.72 bits per heavy atom. The maximum absolute atomic E-state index is 12.8. The van der Waals surface area contributed by atoms with Gasteiger partial charge >= 0.3 is 0 Å². The SMILES string of the molecule is CO[C@]12C=C[C@@]3(CC1C(C)=O)[C@H]1Cc4ccc(C)c5c4[C@@]3(CCN1C(C)=O)[C@H]2O5. The first-order valence-electron chi connectivity index (χ1n) is 10.7. The summed E-state index contributed by atoms with van der Waals surface area (Å²) in [6, 6.07) is 4.40. The minimum absolute atomic E-state index is 0.0502. The number of amides is 1. The van der Waals surface area contributed by atoms with Crippen LogP contribution in [-0.4, -0.2) is 48.0 Å². The van der Waals surface area contributed by atoms with E-state index < -0.39 is 5.60 Å². The summed E-state index contributed by atoms with van der Waals surface area (Å²) in [6.45, 7) is 6.17. The number of hydrogen-bond donors (Lipinski definition) is 0. The zero-order valence-corrected chi connectivity index (χ0v) is 17.5. The summed E-state index contributed by atoms with van der Waals surface area (Å²) in [5, 5.41) is 0. The van der Waals surface area contributed by atoms with E-state index in [1.807, 2.05) is 0 Å². The molecule has 1 saturated heterocycles. The Hall–Kier alpha value is -2.14. The number of methoxy groups -OCH3 is 1. The number of ketones is 1. The molecule has 1 amide bonds. The second-order valence-corrected chi connectivity index (χ2v) is 9.70. The number of fused-ring (bicyclic) bond motifs is 1. The Kier molecular flexibility index (Phi) is 3.13. The molecule has 2 spiro atoms. The molecule has 4 bridgehead atoms. The number of benzene rings is 1. The van der Waals surface area contributed by atoms with Gasteiger partial charge in [-0.3, -0.25) is 9.59 Å². The van der Waals surface area contributed by atoms with Gasteiger partial charge in [-0.25, -0.2) is 0 Å². The molecule has 0 aromatic heterocycles. The van der Waals surface area contributed by atoms with Gasteiger partial charge in [-0.2, -0.15) is 0 Å². The summed E-state index contributed by atoms with van der Waals surface area (Å²) < 4.78 is 13.0. The number of rotatable bonds is 2. The highest BCUT2D eigenvalue weighted by molar-refractivity contribution is 5.83. The quantitative estimate of drug-likeness (QED) is 0.725. The number of likely N-dealkylation sites (tertiary alicyclic amines) is 1. The van der Waals surface area contributed by atoms with E-state index in [-0.39, 0.29) is 40.6 Å². The van der Waals surface area contributed by atoms with Crippen molar-refractivity contribution >= 4 is 11.7 Å². The molecule has 2 heterocycles. The standard InChI is InChI=1S/C24H27NO4/c1-13-5-6-16-11-18-22-7-8-24(28-4,17(12-22)14(2)26)21-23(22,19(16)20(13)29-21)9-10-25(18)15(3)27/h5-8,17-18,21H,9-12H2,1-4H3/t17?,18-,21-,22-,23+,24-/m1/s1. The van der Waals surface area contributed by atoms with Crippen LogP contribution in [0.2, 0.25) is 0 Å². The van der Waals surface area contributed by atoms with Crippen molar-refractivity contribution in [2.75, 3.05) is 13.7 Å². The molecule has 1 aromatic rings. The molecule has 2 aliphatic heterocycles. The molecule has 5 heteroatoms. The molecular weight excluding hydrogens is 366 g/mol. The first kappa shape index (κ1) is 17.7. The van der Waals surface area contributed by atoms with Crippen LogP contribution in [0.4, 0.5) is 0 Å². The van der Waals surface area contributed by atoms with Crippen LogP contribution in [-0.2, 0) is 26.2 Å². The maximum Gasteiger partial charge on any atom is 0.219 e. The van der Waals surface area contributed by atoms with E-state index in [0.29, 0.717) is 6.42 Å². The van der Waals surface area contributed by atoms with Gasteiger partial charge in [0.2, 0.25) is 5.91 Å². The van der Waals surface area contributed by atoms with Crippen molar-refractivity contribution in [3.8, 4) is 5.75 Å². The van der Waals surface area contributed by atoms with Crippen LogP contribution >= 0.6 is 0 Å². The lowest BCUT2D eigenvalue weighted by Gasteiger charge is -2.70. The van der Waals surface area contributed by atoms with E-state index in [9.17, 15) is 9.59 Å². The van der Waals surface area contributed by atoms with Gasteiger partial charge in [-0.15, -0.1) is 0 Å². The number of hydrogen-bond acceptors (Lipinski definition) is 4. The van der Waals surface area contributed by atoms with Crippen molar-refractivity contribution in [2.24, 2.45) is 11.3 Å². The Labute approximate surface area is 171 Å². The molecule has 1 unspecified atom stereocenters. The molecule has 6 aliphatic rings. The lowest BCUT2D eigenvalue weighted by molar-refractivity contribution is -0.214. The van der Waals surface area contributed by atoms with Crippen molar-refractivity contribution in [3.63, 3.8) is 0 Å². The van der Waals surface area contributed by atoms with Crippen molar-refractivity contribution in [1.29, 1.82) is 0 Å². The van der Waals surface area contributed by atoms with Crippen LogP contribution in [0.15, 0.2) is 24.3 Å². The molecule has 0 radical (unpaired) electrons. The van der Waals surface area contributed by atoms with E-state index in [4.69, 9.17) is 9.47 Å². The fourth-order valence-electron chi connectivity index (χ4n) is 7.82. The number of piperidine rings is 1. The molecule has 1 saturated carbocycles. The second-order valence-electron chi connectivity index (χ2n) is 9.70. The summed E-state index contributed by atoms with van der Waals surface area (Å²) in [7, 11) is 1.71. The Balaban J connectivity index is 1.71. The highest BCUT2D eigenvalue weighted by Gasteiger charge is 2.79. The third-order valence-electron chi connectivity index (χ3n) is 8.92. The molecule has 2 fully saturated rings. The van der Waals surface area contributed by atoms with E-state index in [1.54, 1.807) is 21.0 Å². The van der Waals surface area contributed by atoms with E-state index in [1.165, 1.54) is 11.1 Å². The zero-order valence-electron chi connectivity index (χ0n) is 17.5. The van der Waals surface area contributed by atoms with Crippen molar-refractivity contribution in [1.82, 2.24) is 4.90 Å². The molecule has 5 nitrogen and oxygen atoms in total. The lowest BCUT2D eigenvalue weighted by Crippen LogP contribution is -2.80. The fraction of sp³-hybridized carbons (Fsp3) is 0.583. The second kappa shape index (κ2) is 5.12. The van der Waals surface area contributed by atoms with Gasteiger partial charge in [0.15, 0.2) is 0 Å². The number of carbonyl (C=O) groups is 2. The predicted octanol–water partition coefficient (Wildman–Crippen LogP) is 2.72. The van der Waals surface area contributed by atoms with Crippen LogP contribution in [0, 0.1) is 18.3 Å². The van der Waals surface area contributed by atoms with Gasteiger partial charge in [0, 0.05) is 37.6 Å². The van der Waals surface area contributed by atoms with Crippen molar-refractivity contribution < 1.29 is 19.1 Å². The van der Waals surface area contributed by atoms with Gasteiger partial charge in [-0.1, -0.05) is 24.3 Å². The molecule has 152 valence electrons. The molecular formula is C24H27NO4. The van der Waals surface area contributed by atoms with Gasteiger partial charge in [0.05, 0.1) is 11.3 Å². The first-order chi connectivity index (χ1) is 13.8. The van der Waals surface area contributed by atoms with Crippen LogP contribution in [0.3, 0.4) is 0 Å². The number of Topliss-reactive ketones (excluding diaryl/α,β-unsaturated/α-hetero) is 1. The van der Waals surface area contributed by atoms with Gasteiger partial charge in [-0.05, 0) is 44.2 Å². The lowest BCUT2D eigenvalue weighted by atomic mass is 9.37. The van der Waals surface area contributed by atoms with E-state index in [0.717, 1.165) is 30.7 Å². The van der Waals surface area contributed by atoms with Crippen LogP contribution < -0.4 is 4.74 Å². The number of ether oxygens (including phenoxy) is 2. The molecule has 0 N–H and O–H groups in total. The number of carbonyl (C=O) groups excluding carboxylic acids is 2. The minimum Gasteiger partial charge on any atom is -0.485 e. The maximum atomic E-state index is 12.8. The van der Waals surface area contributed by atoms with Crippen molar-refractivity contribution in [3.05, 3.63) is 41.0 Å². The topological polar surface area (TPSA) is 55.8 Å². The summed E-state index contributed by atoms with van der Waals surface area (Å²) >= 11 is 0. The average molecular weight is 393 g/mol. The smallest absolute Gasteiger partial charge is 0.219 e. The molecule has 4 aliphatic carbocycles. The van der Waals surface area contributed by atoms with Gasteiger partial charge in [0.25, 0.3) is 0 Å². The van der Waals surface area contributed by atoms with E-state index in [2.05, 4.69) is 36.1 Å². The molecule has 1 aromatic carbocycles. The number of nitrogens with zero attached hydrogens (tertiary/aromatic N) is 1. The summed E-state index contributed by atoms with van der Waals surface area (Å²) in [5.74, 6) is 0.981. The third-order valence-corrected chi connectivity index (χ3v) is 8.92. The average Bonchev–Trinajstić information content (AvgIpc) is 3.06. The van der Waals surface area contributed by atoms with Crippen LogP contribution in [0.5, 0.6) is 5.75 Å². The Bertz CT molecular complexity index is 1010. The molecule has 6 atom stereocenters. The van der Waals surface area contributed by atoms with Crippen LogP contribution in [0.1, 0.15) is 43.4 Å². The van der Waals surface area contributed by atoms with Crippen LogP contribution in [0.25, 0.3) is 0 Å². The van der Waals surface area contributed by atoms with Gasteiger partial charge in [0.1, 0.15) is 23.2 Å². The zero-order chi connectivity index (χ0) is 20.3. The monoisotopic (exact) mass is 393 g/mol. The first-order valence-corrected chi connectivity index (χ1v) is 10.7. The fourth-order valence-corrected chi connectivity index (χ4v) is 7.82. The number of aryl methyl sites for hydroxylation is 1. The normalized spacial score (nSPS) is 42.5. The summed E-state index contributed by atoms with van der Waals surface area (Å²) in [6.07, 6.45) is 6.55. The summed E-state index contributed by atoms with van der Waals surface area (Å²) in [4.78, 5) is 27.5. The van der Waals surface area contributed by atoms with Crippen molar-refractivity contribution in [2.45, 2.75) is 63.2 Å². The third kappa shape index (κ3) is 1.64. The molecule has 29 heavy (non-hydrogen) atoms. The summed E-state index contributed by atoms with van der Waals surface area (Å²) in [5.41, 5.74) is 2.48. The van der Waals surface area contributed by atoms with Gasteiger partial charge < -0.3 is 14.4 Å². The highest BCUT2D eigenvalue weighted by Crippen LogP contribution is 2.74. The predicted molar refractivity (Wildman–Crippen MR) is 107 cm³/mol. The minimum atomic E-state index is -0.753. The highest BCUT2D eigenvalue weighted by atomic mass is 16.6. The van der Waals surface area contributed by atoms with E-state index >= 15 is 0 Å². The Morgan fingerprint density at radius 1 is 1.24 bits per heavy atom. The molecule has 7 rings (SSSR count). The Morgan fingerprint density at radius 2 is 2.03 bits per heavy atom.